The number of allylic oxidation sites excluding steroid dienone is 4. The van der Waals surface area contributed by atoms with Crippen LogP contribution >= 0.6 is 0 Å². The molecule has 0 N–H and O–H groups in total. The van der Waals surface area contributed by atoms with E-state index < -0.39 is 31.1 Å². The van der Waals surface area contributed by atoms with Gasteiger partial charge in [-0.1, -0.05) is 63.3 Å². The standard InChI is InChI=1S/C22H39N2.C2F6NO4S2/c1-3-4-5-6-7-8-9-10-11-12-13-14-15-16-17-18-19-24-21-20-23(2)22-24;3-1(4,5)14(10,11)9-15(12,13)2(6,7)8/h7-8,10-11,20-22H,3-6,9,12-19H2,1-2H3;/q+1;-1/b8-7-,11-10-;. The Labute approximate surface area is 228 Å². The first-order valence-corrected chi connectivity index (χ1v) is 15.6. The normalized spacial score (nSPS) is 13.2. The lowest BCUT2D eigenvalue weighted by atomic mass is 10.1. The van der Waals surface area contributed by atoms with E-state index in [2.05, 4.69) is 66.1 Å². The van der Waals surface area contributed by atoms with E-state index in [9.17, 15) is 43.2 Å². The van der Waals surface area contributed by atoms with Gasteiger partial charge in [-0.25, -0.2) is 26.0 Å². The first-order valence-electron chi connectivity index (χ1n) is 12.7. The van der Waals surface area contributed by atoms with Crippen LogP contribution in [0.15, 0.2) is 43.0 Å². The van der Waals surface area contributed by atoms with Gasteiger partial charge in [0.1, 0.15) is 12.4 Å². The number of hydrogen-bond donors (Lipinski definition) is 0. The first-order chi connectivity index (χ1) is 18.0. The number of unbranched alkanes of at least 4 members (excludes halogenated alkanes) is 9. The fourth-order valence-electron chi connectivity index (χ4n) is 3.13. The number of aryl methyl sites for hydroxylation is 2. The topological polar surface area (TPSA) is 91.2 Å². The minimum Gasteiger partial charge on any atom is -0.421 e. The second-order valence-electron chi connectivity index (χ2n) is 8.82. The van der Waals surface area contributed by atoms with Gasteiger partial charge in [0.2, 0.25) is 6.33 Å². The molecule has 15 heteroatoms. The van der Waals surface area contributed by atoms with Crippen LogP contribution < -0.4 is 4.57 Å². The average Bonchev–Trinajstić information content (AvgIpc) is 3.22. The Morgan fingerprint density at radius 2 is 1.21 bits per heavy atom. The predicted octanol–water partition coefficient (Wildman–Crippen LogP) is 7.19. The van der Waals surface area contributed by atoms with Crippen molar-refractivity contribution in [1.82, 2.24) is 4.57 Å². The summed E-state index contributed by atoms with van der Waals surface area (Å²) in [7, 11) is -11.4. The van der Waals surface area contributed by atoms with Gasteiger partial charge in [0.15, 0.2) is 20.0 Å². The third kappa shape index (κ3) is 17.4. The van der Waals surface area contributed by atoms with Crippen molar-refractivity contribution in [3.63, 3.8) is 0 Å². The summed E-state index contributed by atoms with van der Waals surface area (Å²) in [5.41, 5.74) is -12.4. The molecular weight excluding hydrogens is 572 g/mol. The molecule has 0 unspecified atom stereocenters. The van der Waals surface area contributed by atoms with Crippen LogP contribution in [0.5, 0.6) is 0 Å². The first kappa shape index (κ1) is 37.1. The second kappa shape index (κ2) is 18.5. The Hall–Kier alpha value is -1.87. The lowest BCUT2D eigenvalue weighted by molar-refractivity contribution is -0.671. The molecule has 0 amide bonds. The molecule has 1 aromatic heterocycles. The highest BCUT2D eigenvalue weighted by Gasteiger charge is 2.46. The number of alkyl halides is 6. The van der Waals surface area contributed by atoms with Gasteiger partial charge in [-0.3, -0.25) is 0 Å². The zero-order valence-corrected chi connectivity index (χ0v) is 23.9. The minimum absolute atomic E-state index is 0.778. The van der Waals surface area contributed by atoms with E-state index in [4.69, 9.17) is 0 Å². The molecule has 0 aliphatic carbocycles. The highest BCUT2D eigenvalue weighted by Crippen LogP contribution is 2.36. The molecule has 0 saturated heterocycles. The average molecular weight is 612 g/mol. The molecule has 0 bridgehead atoms. The zero-order chi connectivity index (χ0) is 30.0. The fraction of sp³-hybridized carbons (Fsp3) is 0.708. The molecule has 0 atom stereocenters. The predicted molar refractivity (Wildman–Crippen MR) is 138 cm³/mol. The highest BCUT2D eigenvalue weighted by atomic mass is 32.3. The van der Waals surface area contributed by atoms with E-state index in [1.54, 1.807) is 0 Å². The van der Waals surface area contributed by atoms with Crippen molar-refractivity contribution in [2.24, 2.45) is 7.05 Å². The van der Waals surface area contributed by atoms with Gasteiger partial charge < -0.3 is 4.13 Å². The minimum atomic E-state index is -6.72. The van der Waals surface area contributed by atoms with E-state index in [1.165, 1.54) is 70.6 Å². The van der Waals surface area contributed by atoms with Crippen LogP contribution in [0, 0.1) is 0 Å². The van der Waals surface area contributed by atoms with Gasteiger partial charge in [0.25, 0.3) is 0 Å². The third-order valence-corrected chi connectivity index (χ3v) is 7.96. The number of rotatable bonds is 17. The Morgan fingerprint density at radius 1 is 0.744 bits per heavy atom. The maximum Gasteiger partial charge on any atom is 0.480 e. The van der Waals surface area contributed by atoms with Crippen LogP contribution in [0.1, 0.15) is 84.0 Å². The van der Waals surface area contributed by atoms with E-state index in [1.807, 2.05) is 0 Å². The summed E-state index contributed by atoms with van der Waals surface area (Å²) in [4.78, 5) is 0. The van der Waals surface area contributed by atoms with E-state index >= 15 is 0 Å². The van der Waals surface area contributed by atoms with Crippen molar-refractivity contribution >= 4 is 20.0 Å². The molecule has 1 heterocycles. The second-order valence-corrected chi connectivity index (χ2v) is 12.2. The molecule has 0 aliphatic rings. The summed E-state index contributed by atoms with van der Waals surface area (Å²) in [6, 6.07) is 0. The largest absolute Gasteiger partial charge is 0.480 e. The fourth-order valence-corrected chi connectivity index (χ4v) is 4.84. The summed E-state index contributed by atoms with van der Waals surface area (Å²) >= 11 is 0. The third-order valence-electron chi connectivity index (χ3n) is 5.22. The molecule has 0 saturated carbocycles. The van der Waals surface area contributed by atoms with Gasteiger partial charge in [-0.2, -0.15) is 26.3 Å². The molecule has 39 heavy (non-hydrogen) atoms. The molecular formula is C24H39F6N3O4S2. The molecule has 228 valence electrons. The zero-order valence-electron chi connectivity index (χ0n) is 22.3. The van der Waals surface area contributed by atoms with Crippen molar-refractivity contribution in [2.45, 2.75) is 102 Å². The molecule has 0 fully saturated rings. The highest BCUT2D eigenvalue weighted by molar-refractivity contribution is 8.13. The lowest BCUT2D eigenvalue weighted by Crippen LogP contribution is -2.30. The maximum absolute atomic E-state index is 11.4. The molecule has 0 radical (unpaired) electrons. The summed E-state index contributed by atoms with van der Waals surface area (Å²) in [6.45, 7) is 3.42. The Morgan fingerprint density at radius 3 is 1.64 bits per heavy atom. The van der Waals surface area contributed by atoms with Crippen LogP contribution in [-0.4, -0.2) is 32.4 Å². The van der Waals surface area contributed by atoms with Crippen molar-refractivity contribution in [2.75, 3.05) is 0 Å². The number of imidazole rings is 1. The lowest BCUT2D eigenvalue weighted by Gasteiger charge is -2.22. The Kier molecular flexibility index (Phi) is 17.6. The van der Waals surface area contributed by atoms with Crippen molar-refractivity contribution in [3.8, 4) is 0 Å². The Balaban J connectivity index is 0.000000830. The number of nitrogens with zero attached hydrogens (tertiary/aromatic N) is 3. The summed E-state index contributed by atoms with van der Waals surface area (Å²) < 4.78 is 114. The van der Waals surface area contributed by atoms with Gasteiger partial charge in [0.05, 0.1) is 13.6 Å². The van der Waals surface area contributed by atoms with E-state index in [0.717, 1.165) is 17.1 Å². The van der Waals surface area contributed by atoms with Crippen molar-refractivity contribution < 1.29 is 47.7 Å². The van der Waals surface area contributed by atoms with Crippen LogP contribution in [-0.2, 0) is 33.6 Å². The number of sulfonamides is 2. The van der Waals surface area contributed by atoms with Crippen LogP contribution in [0.2, 0.25) is 0 Å². The maximum atomic E-state index is 11.4. The smallest absolute Gasteiger partial charge is 0.421 e. The van der Waals surface area contributed by atoms with Crippen LogP contribution in [0.4, 0.5) is 26.3 Å². The molecule has 1 aromatic rings. The van der Waals surface area contributed by atoms with Gasteiger partial charge in [-0.15, -0.1) is 0 Å². The SMILES string of the molecule is CCCCC/C=C\C/C=C\CCCCCCCCn1cc[n+](C)c1.O=S(=O)([N-]S(=O)(=O)C(F)(F)F)C(F)(F)F. The molecule has 0 aliphatic heterocycles. The van der Waals surface area contributed by atoms with Crippen molar-refractivity contribution in [1.29, 1.82) is 0 Å². The molecule has 0 aromatic carbocycles. The molecule has 0 spiro atoms. The summed E-state index contributed by atoms with van der Waals surface area (Å²) in [6.07, 6.45) is 31.6. The summed E-state index contributed by atoms with van der Waals surface area (Å²) in [5.74, 6) is 0. The quantitative estimate of drug-likeness (QED) is 0.0807. The number of aromatic nitrogens is 2. The van der Waals surface area contributed by atoms with Crippen LogP contribution in [0.25, 0.3) is 4.13 Å². The van der Waals surface area contributed by atoms with Crippen molar-refractivity contribution in [3.05, 3.63) is 47.2 Å². The molecule has 1 rings (SSSR count). The van der Waals surface area contributed by atoms with Gasteiger partial charge in [-0.05, 0) is 44.9 Å². The molecule has 7 nitrogen and oxygen atoms in total. The van der Waals surface area contributed by atoms with Gasteiger partial charge >= 0.3 is 11.0 Å². The van der Waals surface area contributed by atoms with E-state index in [-0.39, 0.29) is 0 Å². The Bertz CT molecular complexity index is 1020. The van der Waals surface area contributed by atoms with Gasteiger partial charge in [0, 0.05) is 0 Å². The number of hydrogen-bond acceptors (Lipinski definition) is 4. The monoisotopic (exact) mass is 611 g/mol. The van der Waals surface area contributed by atoms with E-state index in [0.29, 0.717) is 0 Å². The van der Waals surface area contributed by atoms with Crippen LogP contribution in [0.3, 0.4) is 0 Å². The summed E-state index contributed by atoms with van der Waals surface area (Å²) in [5, 5.41) is 0. The number of halogens is 6.